The Morgan fingerprint density at radius 3 is 2.31 bits per heavy atom. The lowest BCUT2D eigenvalue weighted by Crippen LogP contribution is -2.38. The van der Waals surface area contributed by atoms with Gasteiger partial charge in [0, 0.05) is 19.5 Å². The van der Waals surface area contributed by atoms with E-state index < -0.39 is 0 Å². The summed E-state index contributed by atoms with van der Waals surface area (Å²) in [6.45, 7) is 7.71. The van der Waals surface area contributed by atoms with Crippen LogP contribution in [0.15, 0.2) is 54.6 Å². The number of unbranched alkanes of at least 4 members (excludes halogenated alkanes) is 1. The summed E-state index contributed by atoms with van der Waals surface area (Å²) in [6, 6.07) is 19.6. The summed E-state index contributed by atoms with van der Waals surface area (Å²) < 4.78 is 11.7. The van der Waals surface area contributed by atoms with Gasteiger partial charge >= 0.3 is 5.97 Å². The van der Waals surface area contributed by atoms with Crippen molar-refractivity contribution in [3.8, 4) is 0 Å². The number of ether oxygens (including phenoxy) is 2. The zero-order valence-electron chi connectivity index (χ0n) is 19.8. The number of rotatable bonds is 12. The number of piperidine rings is 1. The predicted octanol–water partition coefficient (Wildman–Crippen LogP) is 5.94. The van der Waals surface area contributed by atoms with Gasteiger partial charge in [0.05, 0.1) is 12.7 Å². The Morgan fingerprint density at radius 2 is 1.66 bits per heavy atom. The molecule has 4 heteroatoms. The van der Waals surface area contributed by atoms with Crippen LogP contribution in [0.2, 0.25) is 0 Å². The minimum absolute atomic E-state index is 0.0204. The van der Waals surface area contributed by atoms with Crippen LogP contribution in [0.1, 0.15) is 75.2 Å². The molecule has 0 spiro atoms. The van der Waals surface area contributed by atoms with Crippen molar-refractivity contribution in [2.75, 3.05) is 26.2 Å². The Kier molecular flexibility index (Phi) is 10.2. The Hall–Kier alpha value is -2.17. The maximum atomic E-state index is 11.5. The maximum absolute atomic E-state index is 11.5. The average molecular weight is 438 g/mol. The summed E-state index contributed by atoms with van der Waals surface area (Å²) in [4.78, 5) is 14.0. The SMILES string of the molecule is CCCc1ccc(C(OC2CCN(CCCCC(=O)OCC)CC2)c2ccccc2)cc1. The predicted molar refractivity (Wildman–Crippen MR) is 130 cm³/mol. The van der Waals surface area contributed by atoms with E-state index in [0.29, 0.717) is 13.0 Å². The van der Waals surface area contributed by atoms with Gasteiger partial charge in [-0.15, -0.1) is 0 Å². The van der Waals surface area contributed by atoms with Gasteiger partial charge in [-0.05, 0) is 62.3 Å². The van der Waals surface area contributed by atoms with E-state index in [4.69, 9.17) is 9.47 Å². The first-order chi connectivity index (χ1) is 15.7. The van der Waals surface area contributed by atoms with Crippen LogP contribution in [0.3, 0.4) is 0 Å². The van der Waals surface area contributed by atoms with Crippen molar-refractivity contribution >= 4 is 5.97 Å². The van der Waals surface area contributed by atoms with E-state index in [2.05, 4.69) is 66.4 Å². The van der Waals surface area contributed by atoms with E-state index in [9.17, 15) is 4.79 Å². The molecule has 32 heavy (non-hydrogen) atoms. The fraction of sp³-hybridized carbons (Fsp3) is 0.536. The van der Waals surface area contributed by atoms with E-state index in [-0.39, 0.29) is 18.2 Å². The van der Waals surface area contributed by atoms with Crippen LogP contribution in [0.4, 0.5) is 0 Å². The third kappa shape index (κ3) is 7.75. The van der Waals surface area contributed by atoms with E-state index in [1.807, 2.05) is 6.92 Å². The minimum atomic E-state index is -0.0747. The molecular formula is C28H39NO3. The van der Waals surface area contributed by atoms with Crippen molar-refractivity contribution in [2.24, 2.45) is 0 Å². The smallest absolute Gasteiger partial charge is 0.305 e. The molecule has 4 nitrogen and oxygen atoms in total. The van der Waals surface area contributed by atoms with E-state index in [0.717, 1.165) is 51.7 Å². The topological polar surface area (TPSA) is 38.8 Å². The third-order valence-electron chi connectivity index (χ3n) is 6.20. The Morgan fingerprint density at radius 1 is 0.969 bits per heavy atom. The average Bonchev–Trinajstić information content (AvgIpc) is 2.83. The fourth-order valence-corrected chi connectivity index (χ4v) is 4.42. The van der Waals surface area contributed by atoms with Gasteiger partial charge in [0.15, 0.2) is 0 Å². The molecule has 0 radical (unpaired) electrons. The molecule has 0 N–H and O–H groups in total. The molecule has 1 unspecified atom stereocenters. The second-order valence-electron chi connectivity index (χ2n) is 8.72. The molecule has 1 heterocycles. The molecule has 1 saturated heterocycles. The number of hydrogen-bond acceptors (Lipinski definition) is 4. The van der Waals surface area contributed by atoms with E-state index in [1.54, 1.807) is 0 Å². The van der Waals surface area contributed by atoms with Crippen molar-refractivity contribution < 1.29 is 14.3 Å². The normalized spacial score (nSPS) is 16.1. The Bertz CT molecular complexity index is 782. The minimum Gasteiger partial charge on any atom is -0.466 e. The monoisotopic (exact) mass is 437 g/mol. The molecule has 2 aromatic carbocycles. The molecule has 0 aliphatic carbocycles. The van der Waals surface area contributed by atoms with Crippen LogP contribution in [0.5, 0.6) is 0 Å². The maximum Gasteiger partial charge on any atom is 0.305 e. The van der Waals surface area contributed by atoms with Crippen molar-refractivity contribution in [1.29, 1.82) is 0 Å². The summed E-state index contributed by atoms with van der Waals surface area (Å²) in [6.07, 6.45) is 7.11. The van der Waals surface area contributed by atoms with E-state index in [1.165, 1.54) is 23.1 Å². The first-order valence-corrected chi connectivity index (χ1v) is 12.4. The highest BCUT2D eigenvalue weighted by Gasteiger charge is 2.24. The zero-order valence-corrected chi connectivity index (χ0v) is 19.8. The molecule has 1 aliphatic rings. The molecule has 3 rings (SSSR count). The highest BCUT2D eigenvalue weighted by Crippen LogP contribution is 2.30. The third-order valence-corrected chi connectivity index (χ3v) is 6.20. The quantitative estimate of drug-likeness (QED) is 0.304. The van der Waals surface area contributed by atoms with Crippen molar-refractivity contribution in [2.45, 2.75) is 71.0 Å². The largest absolute Gasteiger partial charge is 0.466 e. The van der Waals surface area contributed by atoms with Gasteiger partial charge in [0.2, 0.25) is 0 Å². The van der Waals surface area contributed by atoms with Gasteiger partial charge in [0.1, 0.15) is 6.10 Å². The lowest BCUT2D eigenvalue weighted by Gasteiger charge is -2.34. The molecule has 0 aromatic heterocycles. The number of benzene rings is 2. The lowest BCUT2D eigenvalue weighted by atomic mass is 9.98. The summed E-state index contributed by atoms with van der Waals surface area (Å²) >= 11 is 0. The van der Waals surface area contributed by atoms with Gasteiger partial charge in [0.25, 0.3) is 0 Å². The van der Waals surface area contributed by atoms with Crippen molar-refractivity contribution in [3.63, 3.8) is 0 Å². The number of carbonyl (C=O) groups excluding carboxylic acids is 1. The Balaban J connectivity index is 1.51. The highest BCUT2D eigenvalue weighted by molar-refractivity contribution is 5.69. The van der Waals surface area contributed by atoms with Crippen LogP contribution in [0, 0.1) is 0 Å². The zero-order chi connectivity index (χ0) is 22.6. The number of likely N-dealkylation sites (tertiary alicyclic amines) is 1. The first-order valence-electron chi connectivity index (χ1n) is 12.4. The van der Waals surface area contributed by atoms with Crippen molar-refractivity contribution in [3.05, 3.63) is 71.3 Å². The standard InChI is InChI=1S/C28H39NO3/c1-3-10-23-14-16-25(17-15-23)28(24-11-6-5-7-12-24)32-26-18-21-29(22-19-26)20-9-8-13-27(30)31-4-2/h5-7,11-12,14-17,26,28H,3-4,8-10,13,18-22H2,1-2H3. The molecule has 0 bridgehead atoms. The highest BCUT2D eigenvalue weighted by atomic mass is 16.5. The number of esters is 1. The van der Waals surface area contributed by atoms with Crippen LogP contribution >= 0.6 is 0 Å². The lowest BCUT2D eigenvalue weighted by molar-refractivity contribution is -0.143. The van der Waals surface area contributed by atoms with Crippen LogP contribution in [-0.2, 0) is 20.7 Å². The van der Waals surface area contributed by atoms with Gasteiger partial charge in [-0.3, -0.25) is 4.79 Å². The summed E-state index contributed by atoms with van der Waals surface area (Å²) in [5.41, 5.74) is 3.84. The van der Waals surface area contributed by atoms with Gasteiger partial charge in [-0.1, -0.05) is 67.9 Å². The molecular weight excluding hydrogens is 398 g/mol. The van der Waals surface area contributed by atoms with Crippen LogP contribution in [-0.4, -0.2) is 43.2 Å². The van der Waals surface area contributed by atoms with Crippen LogP contribution < -0.4 is 0 Å². The molecule has 0 amide bonds. The molecule has 1 fully saturated rings. The Labute approximate surface area is 193 Å². The summed E-state index contributed by atoms with van der Waals surface area (Å²) in [7, 11) is 0. The fourth-order valence-electron chi connectivity index (χ4n) is 4.42. The molecule has 1 atom stereocenters. The molecule has 1 aliphatic heterocycles. The summed E-state index contributed by atoms with van der Waals surface area (Å²) in [5, 5.41) is 0. The summed E-state index contributed by atoms with van der Waals surface area (Å²) in [5.74, 6) is -0.0747. The molecule has 0 saturated carbocycles. The van der Waals surface area contributed by atoms with Crippen molar-refractivity contribution in [1.82, 2.24) is 4.90 Å². The van der Waals surface area contributed by atoms with E-state index >= 15 is 0 Å². The first kappa shape index (κ1) is 24.5. The number of carbonyl (C=O) groups is 1. The van der Waals surface area contributed by atoms with Crippen LogP contribution in [0.25, 0.3) is 0 Å². The second kappa shape index (κ2) is 13.4. The van der Waals surface area contributed by atoms with Gasteiger partial charge < -0.3 is 14.4 Å². The molecule has 174 valence electrons. The number of aryl methyl sites for hydroxylation is 1. The van der Waals surface area contributed by atoms with Gasteiger partial charge in [-0.2, -0.15) is 0 Å². The molecule has 2 aromatic rings. The number of hydrogen-bond donors (Lipinski definition) is 0. The second-order valence-corrected chi connectivity index (χ2v) is 8.72. The number of nitrogens with zero attached hydrogens (tertiary/aromatic N) is 1. The van der Waals surface area contributed by atoms with Gasteiger partial charge in [-0.25, -0.2) is 0 Å².